The van der Waals surface area contributed by atoms with E-state index >= 15 is 0 Å². The molecule has 1 heterocycles. The van der Waals surface area contributed by atoms with Gasteiger partial charge >= 0.3 is 0 Å². The topological polar surface area (TPSA) is 279 Å². The third-order valence-corrected chi connectivity index (χ3v) is 9.87. The molecule has 0 bridgehead atoms. The lowest BCUT2D eigenvalue weighted by molar-refractivity contribution is -0.438. The van der Waals surface area contributed by atoms with Crippen molar-refractivity contribution in [1.29, 1.82) is 0 Å². The minimum atomic E-state index is -4.46. The smallest absolute Gasteiger partial charge is 0.266 e. The van der Waals surface area contributed by atoms with Crippen molar-refractivity contribution in [2.75, 3.05) is 42.6 Å². The summed E-state index contributed by atoms with van der Waals surface area (Å²) in [5.41, 5.74) is -0.532. The van der Waals surface area contributed by atoms with E-state index in [9.17, 15) is 52.4 Å². The Bertz CT molecular complexity index is 1730. The maximum atomic E-state index is 13.4. The fourth-order valence-electron chi connectivity index (χ4n) is 4.78. The molecule has 0 fully saturated rings. The summed E-state index contributed by atoms with van der Waals surface area (Å²) in [6, 6.07) is 2.47. The molecule has 1 atom stereocenters. The van der Waals surface area contributed by atoms with Gasteiger partial charge in [-0.25, -0.2) is 0 Å². The van der Waals surface area contributed by atoms with E-state index in [4.69, 9.17) is 9.11 Å². The molecular weight excluding hydrogens is 659 g/mol. The summed E-state index contributed by atoms with van der Waals surface area (Å²) >= 11 is 0. The molecule has 0 radical (unpaired) electrons. The first-order chi connectivity index (χ1) is 19.4. The molecule has 1 aliphatic rings. The van der Waals surface area contributed by atoms with Crippen molar-refractivity contribution in [3.8, 4) is 0 Å². The van der Waals surface area contributed by atoms with Crippen molar-refractivity contribution in [1.82, 2.24) is 10.6 Å². The highest BCUT2D eigenvalue weighted by Gasteiger charge is 2.49. The molecule has 43 heavy (non-hydrogen) atoms. The molecule has 6 N–H and O–H groups in total. The van der Waals surface area contributed by atoms with Crippen molar-refractivity contribution in [2.45, 2.75) is 38.5 Å². The number of carbonyl (C=O) groups excluding carboxylic acids is 2. The van der Waals surface area contributed by atoms with Gasteiger partial charge in [0.25, 0.3) is 52.3 Å². The Balaban J connectivity index is 2.70. The van der Waals surface area contributed by atoms with Crippen LogP contribution >= 0.6 is 0 Å². The average Bonchev–Trinajstić information content (AvgIpc) is 3.02. The second-order valence-corrected chi connectivity index (χ2v) is 16.4. The number of amides is 2. The van der Waals surface area contributed by atoms with Crippen LogP contribution in [0.2, 0.25) is 0 Å². The molecule has 21 heteroatoms. The third kappa shape index (κ3) is 11.2. The number of carbonyl (C=O) groups is 2. The first-order valence-electron chi connectivity index (χ1n) is 12.6. The number of rotatable bonds is 16. The molecule has 2 rings (SSSR count). The van der Waals surface area contributed by atoms with E-state index in [-0.39, 0.29) is 48.2 Å². The monoisotopic (exact) mass is 692 g/mol. The normalized spacial score (nSPS) is 17.5. The molecule has 0 saturated heterocycles. The minimum absolute atomic E-state index is 0.0334. The zero-order chi connectivity index (χ0) is 33.0. The average molecular weight is 693 g/mol. The molecule has 1 aliphatic heterocycles. The summed E-state index contributed by atoms with van der Waals surface area (Å²) < 4.78 is 128. The number of hydrogen-bond donors (Lipinski definition) is 6. The van der Waals surface area contributed by atoms with Crippen LogP contribution in [0, 0.1) is 0 Å². The Morgan fingerprint density at radius 3 is 1.70 bits per heavy atom. The molecule has 1 aromatic rings. The van der Waals surface area contributed by atoms with Crippen molar-refractivity contribution >= 4 is 63.7 Å². The predicted molar refractivity (Wildman–Crippen MR) is 153 cm³/mol. The van der Waals surface area contributed by atoms with Crippen molar-refractivity contribution < 1.29 is 66.0 Å². The zero-order valence-electron chi connectivity index (χ0n) is 23.2. The largest absolute Gasteiger partial charge is 0.351 e. The van der Waals surface area contributed by atoms with Gasteiger partial charge in [-0.05, 0) is 25.8 Å². The van der Waals surface area contributed by atoms with Crippen LogP contribution in [-0.4, -0.2) is 117 Å². The van der Waals surface area contributed by atoms with E-state index in [1.165, 1.54) is 6.07 Å². The summed E-state index contributed by atoms with van der Waals surface area (Å²) in [5.74, 6) is -4.67. The summed E-state index contributed by atoms with van der Waals surface area (Å²) in [6.07, 6.45) is -0.171. The van der Waals surface area contributed by atoms with Gasteiger partial charge in [0.1, 0.15) is 6.54 Å². The second kappa shape index (κ2) is 13.6. The van der Waals surface area contributed by atoms with Crippen LogP contribution in [0.4, 0.5) is 5.69 Å². The van der Waals surface area contributed by atoms with E-state index in [0.717, 1.165) is 6.07 Å². The SMILES string of the molecule is CC1=[N+](CCCS(=O)(=O)O)c2cc(C(=O)NCCS(=O)(=O)O)cc(C(=O)NCCS(=O)(=O)O)c2C1(C)CCCS(=O)(=O)O. The number of hydrogen-bond acceptors (Lipinski definition) is 10. The van der Waals surface area contributed by atoms with Crippen LogP contribution in [0.1, 0.15) is 59.4 Å². The van der Waals surface area contributed by atoms with Gasteiger partial charge < -0.3 is 10.6 Å². The summed E-state index contributed by atoms with van der Waals surface area (Å²) in [7, 11) is -17.6. The minimum Gasteiger partial charge on any atom is -0.351 e. The first-order valence-corrected chi connectivity index (χ1v) is 19.0. The number of fused-ring (bicyclic) bond motifs is 1. The van der Waals surface area contributed by atoms with Crippen molar-refractivity contribution in [3.63, 3.8) is 0 Å². The Hall–Kier alpha value is -2.53. The zero-order valence-corrected chi connectivity index (χ0v) is 26.4. The number of benzene rings is 1. The van der Waals surface area contributed by atoms with Gasteiger partial charge in [-0.1, -0.05) is 0 Å². The molecule has 0 saturated carbocycles. The first kappa shape index (κ1) is 36.7. The highest BCUT2D eigenvalue weighted by atomic mass is 32.2. The number of nitrogens with one attached hydrogen (secondary N) is 2. The summed E-state index contributed by atoms with van der Waals surface area (Å²) in [4.78, 5) is 26.3. The van der Waals surface area contributed by atoms with E-state index < -0.39 is 93.8 Å². The standard InChI is InChI=1S/C22H33N3O14S4/c1-15-22(2,5-3-9-40(28,29)30)19-17(21(27)24-7-12-43(37,38)39)13-16(20(26)23-6-11-42(34,35)36)14-18(19)25(15)8-4-10-41(31,32)33/h13-14H,3-12H2,1-2H3,(H5-,23,24,26,27,28,29,30,31,32,33,34,35,36,37,38,39)/p+1. The Labute approximate surface area is 249 Å². The Morgan fingerprint density at radius 1 is 0.744 bits per heavy atom. The van der Waals surface area contributed by atoms with E-state index in [1.807, 2.05) is 0 Å². The summed E-state index contributed by atoms with van der Waals surface area (Å²) in [5, 5.41) is 4.61. The van der Waals surface area contributed by atoms with Crippen LogP contribution in [0.25, 0.3) is 0 Å². The van der Waals surface area contributed by atoms with Crippen LogP contribution in [0.15, 0.2) is 12.1 Å². The fraction of sp³-hybridized carbons (Fsp3) is 0.591. The molecule has 1 aromatic carbocycles. The lowest BCUT2D eigenvalue weighted by Crippen LogP contribution is -2.35. The Morgan fingerprint density at radius 2 is 1.21 bits per heavy atom. The number of nitrogens with zero attached hydrogens (tertiary/aromatic N) is 1. The maximum Gasteiger partial charge on any atom is 0.266 e. The van der Waals surface area contributed by atoms with Gasteiger partial charge in [0.2, 0.25) is 5.69 Å². The van der Waals surface area contributed by atoms with E-state index in [0.29, 0.717) is 5.71 Å². The predicted octanol–water partition coefficient (Wildman–Crippen LogP) is -0.756. The van der Waals surface area contributed by atoms with Crippen LogP contribution < -0.4 is 10.6 Å². The van der Waals surface area contributed by atoms with Crippen molar-refractivity contribution in [3.05, 3.63) is 28.8 Å². The third-order valence-electron chi connectivity index (χ3n) is 6.82. The fourth-order valence-corrected chi connectivity index (χ4v) is 6.50. The molecule has 2 amide bonds. The van der Waals surface area contributed by atoms with Gasteiger partial charge in [-0.3, -0.25) is 27.8 Å². The summed E-state index contributed by atoms with van der Waals surface area (Å²) in [6.45, 7) is 2.18. The van der Waals surface area contributed by atoms with Gasteiger partial charge in [0.15, 0.2) is 5.71 Å². The Kier molecular flexibility index (Phi) is 11.6. The quantitative estimate of drug-likeness (QED) is 0.0918. The van der Waals surface area contributed by atoms with Crippen LogP contribution in [0.3, 0.4) is 0 Å². The highest BCUT2D eigenvalue weighted by molar-refractivity contribution is 7.86. The molecule has 17 nitrogen and oxygen atoms in total. The van der Waals surface area contributed by atoms with Crippen LogP contribution in [0.5, 0.6) is 0 Å². The lowest BCUT2D eigenvalue weighted by atomic mass is 9.74. The van der Waals surface area contributed by atoms with Crippen molar-refractivity contribution in [2.24, 2.45) is 0 Å². The van der Waals surface area contributed by atoms with E-state index in [1.54, 1.807) is 18.4 Å². The van der Waals surface area contributed by atoms with E-state index in [2.05, 4.69) is 10.6 Å². The molecular formula is C22H34N3O14S4+. The van der Waals surface area contributed by atoms with Gasteiger partial charge in [-0.2, -0.15) is 38.2 Å². The molecule has 0 aliphatic carbocycles. The van der Waals surface area contributed by atoms with Gasteiger partial charge in [0.05, 0.1) is 39.6 Å². The lowest BCUT2D eigenvalue weighted by Gasteiger charge is -2.24. The molecule has 0 spiro atoms. The van der Waals surface area contributed by atoms with Crippen LogP contribution in [-0.2, 0) is 45.9 Å². The molecule has 244 valence electrons. The molecule has 1 unspecified atom stereocenters. The second-order valence-electron chi connectivity index (χ2n) is 10.1. The highest BCUT2D eigenvalue weighted by Crippen LogP contribution is 2.45. The maximum absolute atomic E-state index is 13.4. The van der Waals surface area contributed by atoms with Gasteiger partial charge in [0, 0.05) is 38.1 Å². The molecule has 0 aromatic heterocycles. The van der Waals surface area contributed by atoms with Gasteiger partial charge in [-0.15, -0.1) is 0 Å².